The number of nitrogens with zero attached hydrogens (tertiary/aromatic N) is 2. The molecule has 0 bridgehead atoms. The lowest BCUT2D eigenvalue weighted by Crippen LogP contribution is -2.29. The Kier molecular flexibility index (Phi) is 3.86. The normalized spacial score (nSPS) is 19.2. The standard InChI is InChI=1S/C12H11N3O3S/c1-18-10(16)7-9-11(17)15(12(14-13)19-9)8-5-3-2-4-6-8/h2-7H,13H2,1H3/b9-7-,14-12+. The topological polar surface area (TPSA) is 85.0 Å². The molecule has 1 fully saturated rings. The molecule has 0 atom stereocenters. The summed E-state index contributed by atoms with van der Waals surface area (Å²) in [7, 11) is 1.25. The monoisotopic (exact) mass is 277 g/mol. The van der Waals surface area contributed by atoms with E-state index >= 15 is 0 Å². The van der Waals surface area contributed by atoms with Gasteiger partial charge in [-0.15, -0.1) is 0 Å². The van der Waals surface area contributed by atoms with E-state index in [4.69, 9.17) is 5.84 Å². The number of carbonyl (C=O) groups is 2. The van der Waals surface area contributed by atoms with E-state index < -0.39 is 5.97 Å². The number of hydrazone groups is 1. The number of hydrogen-bond acceptors (Lipinski definition) is 6. The number of anilines is 1. The number of carbonyl (C=O) groups excluding carboxylic acids is 2. The minimum atomic E-state index is -0.595. The zero-order valence-corrected chi connectivity index (χ0v) is 10.9. The quantitative estimate of drug-likeness (QED) is 0.378. The van der Waals surface area contributed by atoms with Gasteiger partial charge in [0.1, 0.15) is 0 Å². The van der Waals surface area contributed by atoms with E-state index in [2.05, 4.69) is 9.84 Å². The number of hydrogen-bond donors (Lipinski definition) is 1. The summed E-state index contributed by atoms with van der Waals surface area (Å²) in [5.74, 6) is 4.33. The van der Waals surface area contributed by atoms with Crippen LogP contribution < -0.4 is 10.7 Å². The Hall–Kier alpha value is -2.28. The molecule has 1 heterocycles. The first kappa shape index (κ1) is 13.2. The Balaban J connectivity index is 2.38. The van der Waals surface area contributed by atoms with Crippen LogP contribution in [0.3, 0.4) is 0 Å². The summed E-state index contributed by atoms with van der Waals surface area (Å²) in [6.45, 7) is 0. The van der Waals surface area contributed by atoms with Gasteiger partial charge in [-0.2, -0.15) is 5.10 Å². The van der Waals surface area contributed by atoms with Crippen molar-refractivity contribution >= 4 is 34.5 Å². The molecule has 1 aromatic rings. The van der Waals surface area contributed by atoms with Crippen molar-refractivity contribution in [2.75, 3.05) is 12.0 Å². The third-order valence-electron chi connectivity index (χ3n) is 2.38. The lowest BCUT2D eigenvalue weighted by atomic mass is 10.3. The van der Waals surface area contributed by atoms with Crippen LogP contribution in [-0.2, 0) is 14.3 Å². The van der Waals surface area contributed by atoms with Crippen molar-refractivity contribution in [3.05, 3.63) is 41.3 Å². The highest BCUT2D eigenvalue weighted by atomic mass is 32.2. The first-order valence-corrected chi connectivity index (χ1v) is 6.14. The molecule has 2 rings (SSSR count). The molecular formula is C12H11N3O3S. The number of methoxy groups -OCH3 is 1. The number of esters is 1. The molecule has 1 aliphatic rings. The van der Waals surface area contributed by atoms with Gasteiger partial charge in [-0.1, -0.05) is 18.2 Å². The fourth-order valence-electron chi connectivity index (χ4n) is 1.53. The van der Waals surface area contributed by atoms with Crippen LogP contribution in [0.4, 0.5) is 5.69 Å². The van der Waals surface area contributed by atoms with Gasteiger partial charge < -0.3 is 10.6 Å². The third-order valence-corrected chi connectivity index (χ3v) is 3.36. The van der Waals surface area contributed by atoms with Gasteiger partial charge in [0, 0.05) is 6.08 Å². The molecule has 0 aliphatic carbocycles. The fraction of sp³-hybridized carbons (Fsp3) is 0.0833. The number of ether oxygens (including phenoxy) is 1. The van der Waals surface area contributed by atoms with Crippen molar-refractivity contribution in [1.29, 1.82) is 0 Å². The van der Waals surface area contributed by atoms with Gasteiger partial charge in [0.05, 0.1) is 17.7 Å². The smallest absolute Gasteiger partial charge is 0.331 e. The van der Waals surface area contributed by atoms with Crippen molar-refractivity contribution in [2.24, 2.45) is 10.9 Å². The molecule has 0 saturated carbocycles. The van der Waals surface area contributed by atoms with Crippen LogP contribution >= 0.6 is 11.8 Å². The third kappa shape index (κ3) is 2.60. The first-order chi connectivity index (χ1) is 9.17. The number of rotatable bonds is 2. The van der Waals surface area contributed by atoms with Gasteiger partial charge in [-0.25, -0.2) is 4.79 Å². The summed E-state index contributed by atoms with van der Waals surface area (Å²) in [6.07, 6.45) is 1.13. The summed E-state index contributed by atoms with van der Waals surface area (Å²) in [4.78, 5) is 25.0. The van der Waals surface area contributed by atoms with Crippen LogP contribution in [-0.4, -0.2) is 24.2 Å². The van der Waals surface area contributed by atoms with Gasteiger partial charge in [0.15, 0.2) is 5.17 Å². The van der Waals surface area contributed by atoms with Crippen molar-refractivity contribution in [3.8, 4) is 0 Å². The van der Waals surface area contributed by atoms with E-state index in [9.17, 15) is 9.59 Å². The molecule has 0 radical (unpaired) electrons. The van der Waals surface area contributed by atoms with Crippen LogP contribution in [0.1, 0.15) is 0 Å². The zero-order valence-electron chi connectivity index (χ0n) is 10.1. The highest BCUT2D eigenvalue weighted by Gasteiger charge is 2.35. The summed E-state index contributed by atoms with van der Waals surface area (Å²) in [5, 5.41) is 3.88. The summed E-state index contributed by atoms with van der Waals surface area (Å²) >= 11 is 1.03. The Labute approximate surface area is 113 Å². The molecule has 7 heteroatoms. The van der Waals surface area contributed by atoms with Crippen molar-refractivity contribution in [2.45, 2.75) is 0 Å². The van der Waals surface area contributed by atoms with Crippen LogP contribution in [0.15, 0.2) is 46.4 Å². The molecule has 19 heavy (non-hydrogen) atoms. The first-order valence-electron chi connectivity index (χ1n) is 5.32. The van der Waals surface area contributed by atoms with E-state index in [-0.39, 0.29) is 10.8 Å². The Morgan fingerprint density at radius 3 is 2.68 bits per heavy atom. The Bertz CT molecular complexity index is 569. The number of benzene rings is 1. The molecule has 0 unspecified atom stereocenters. The Morgan fingerprint density at radius 2 is 2.11 bits per heavy atom. The van der Waals surface area contributed by atoms with E-state index in [0.29, 0.717) is 10.9 Å². The van der Waals surface area contributed by atoms with E-state index in [0.717, 1.165) is 17.8 Å². The predicted octanol–water partition coefficient (Wildman–Crippen LogP) is 1.05. The Morgan fingerprint density at radius 1 is 1.42 bits per heavy atom. The maximum Gasteiger partial charge on any atom is 0.331 e. The van der Waals surface area contributed by atoms with Gasteiger partial charge >= 0.3 is 5.97 Å². The molecule has 1 saturated heterocycles. The minimum absolute atomic E-state index is 0.222. The summed E-state index contributed by atoms with van der Waals surface area (Å²) in [6, 6.07) is 8.93. The number of amides is 1. The van der Waals surface area contributed by atoms with Crippen LogP contribution in [0.25, 0.3) is 0 Å². The second kappa shape index (κ2) is 5.57. The molecule has 1 aromatic carbocycles. The zero-order chi connectivity index (χ0) is 13.8. The SMILES string of the molecule is COC(=O)/C=C1\S/C(=N/N)N(c2ccccc2)C1=O. The fourth-order valence-corrected chi connectivity index (χ4v) is 2.39. The molecular weight excluding hydrogens is 266 g/mol. The lowest BCUT2D eigenvalue weighted by Gasteiger charge is -2.14. The predicted molar refractivity (Wildman–Crippen MR) is 73.2 cm³/mol. The second-order valence-electron chi connectivity index (χ2n) is 3.52. The second-order valence-corrected chi connectivity index (χ2v) is 4.53. The number of para-hydroxylation sites is 1. The van der Waals surface area contributed by atoms with Gasteiger partial charge in [-0.05, 0) is 23.9 Å². The van der Waals surface area contributed by atoms with E-state index in [1.165, 1.54) is 12.0 Å². The summed E-state index contributed by atoms with van der Waals surface area (Å²) < 4.78 is 4.50. The van der Waals surface area contributed by atoms with Gasteiger partial charge in [0.2, 0.25) is 0 Å². The minimum Gasteiger partial charge on any atom is -0.466 e. The van der Waals surface area contributed by atoms with Crippen LogP contribution in [0, 0.1) is 0 Å². The molecule has 0 aromatic heterocycles. The van der Waals surface area contributed by atoms with Crippen LogP contribution in [0.2, 0.25) is 0 Å². The molecule has 2 N–H and O–H groups in total. The van der Waals surface area contributed by atoms with Gasteiger partial charge in [-0.3, -0.25) is 9.69 Å². The molecule has 6 nitrogen and oxygen atoms in total. The molecule has 0 spiro atoms. The van der Waals surface area contributed by atoms with E-state index in [1.807, 2.05) is 6.07 Å². The van der Waals surface area contributed by atoms with Crippen LogP contribution in [0.5, 0.6) is 0 Å². The average molecular weight is 277 g/mol. The maximum absolute atomic E-state index is 12.2. The highest BCUT2D eigenvalue weighted by molar-refractivity contribution is 8.19. The number of nitrogens with two attached hydrogens (primary N) is 1. The average Bonchev–Trinajstić information content (AvgIpc) is 2.76. The van der Waals surface area contributed by atoms with Crippen molar-refractivity contribution in [1.82, 2.24) is 0 Å². The van der Waals surface area contributed by atoms with Gasteiger partial charge in [0.25, 0.3) is 5.91 Å². The number of amidine groups is 1. The van der Waals surface area contributed by atoms with E-state index in [1.54, 1.807) is 24.3 Å². The molecule has 1 aliphatic heterocycles. The lowest BCUT2D eigenvalue weighted by molar-refractivity contribution is -0.135. The largest absolute Gasteiger partial charge is 0.466 e. The number of thioether (sulfide) groups is 1. The van der Waals surface area contributed by atoms with Crippen molar-refractivity contribution < 1.29 is 14.3 Å². The highest BCUT2D eigenvalue weighted by Crippen LogP contribution is 2.34. The van der Waals surface area contributed by atoms with Crippen molar-refractivity contribution in [3.63, 3.8) is 0 Å². The maximum atomic E-state index is 12.2. The molecule has 1 amide bonds. The summed E-state index contributed by atoms with van der Waals surface area (Å²) in [5.41, 5.74) is 0.637. The molecule has 98 valence electrons.